The molecule has 1 rings (SSSR count). The van der Waals surface area contributed by atoms with Gasteiger partial charge in [-0.1, -0.05) is 25.1 Å². The van der Waals surface area contributed by atoms with E-state index in [4.69, 9.17) is 0 Å². The molecule has 9 heteroatoms. The minimum absolute atomic E-state index is 0.0580. The minimum Gasteiger partial charge on any atom is -0.469 e. The Bertz CT molecular complexity index is 724. The Morgan fingerprint density at radius 3 is 2.14 bits per heavy atom. The minimum atomic E-state index is -1.14. The SMILES string of the molecule is COC(=O)[C@H](C[C@H](C)C(=O)OC)NC(=O)[C@@H](Cc1ccccc1F)NC(C)=O. The van der Waals surface area contributed by atoms with E-state index in [9.17, 15) is 23.6 Å². The number of ether oxygens (including phenoxy) is 2. The molecule has 0 heterocycles. The highest BCUT2D eigenvalue weighted by atomic mass is 19.1. The summed E-state index contributed by atoms with van der Waals surface area (Å²) in [5.74, 6) is -3.70. The average molecular weight is 396 g/mol. The van der Waals surface area contributed by atoms with Crippen molar-refractivity contribution in [2.45, 2.75) is 38.8 Å². The lowest BCUT2D eigenvalue weighted by Crippen LogP contribution is -2.53. The molecular formula is C19H25FN2O6. The van der Waals surface area contributed by atoms with Crippen molar-refractivity contribution in [2.24, 2.45) is 5.92 Å². The van der Waals surface area contributed by atoms with Crippen LogP contribution in [0.3, 0.4) is 0 Å². The third-order valence-corrected chi connectivity index (χ3v) is 4.07. The summed E-state index contributed by atoms with van der Waals surface area (Å²) in [6.45, 7) is 2.76. The van der Waals surface area contributed by atoms with Crippen LogP contribution in [-0.4, -0.2) is 50.1 Å². The molecule has 0 saturated heterocycles. The fraction of sp³-hybridized carbons (Fsp3) is 0.474. The van der Waals surface area contributed by atoms with Crippen LogP contribution in [0.2, 0.25) is 0 Å². The highest BCUT2D eigenvalue weighted by Gasteiger charge is 2.30. The fourth-order valence-electron chi connectivity index (χ4n) is 2.62. The van der Waals surface area contributed by atoms with E-state index in [2.05, 4.69) is 20.1 Å². The molecule has 0 aliphatic carbocycles. The monoisotopic (exact) mass is 396 g/mol. The molecule has 0 unspecified atom stereocenters. The number of amides is 2. The normalized spacial score (nSPS) is 13.6. The Balaban J connectivity index is 2.97. The Kier molecular flexibility index (Phi) is 9.07. The molecule has 0 aliphatic rings. The molecular weight excluding hydrogens is 371 g/mol. The summed E-state index contributed by atoms with van der Waals surface area (Å²) in [6, 6.07) is 3.60. The number of hydrogen-bond donors (Lipinski definition) is 2. The van der Waals surface area contributed by atoms with E-state index in [1.165, 1.54) is 32.2 Å². The van der Waals surface area contributed by atoms with Gasteiger partial charge in [-0.25, -0.2) is 9.18 Å². The molecule has 8 nitrogen and oxygen atoms in total. The Morgan fingerprint density at radius 1 is 1.00 bits per heavy atom. The Morgan fingerprint density at radius 2 is 1.61 bits per heavy atom. The van der Waals surface area contributed by atoms with Gasteiger partial charge in [0.15, 0.2) is 0 Å². The van der Waals surface area contributed by atoms with Crippen molar-refractivity contribution in [3.63, 3.8) is 0 Å². The standard InChI is InChI=1S/C19H25FN2O6/c1-11(18(25)27-3)9-16(19(26)28-4)22-17(24)15(21-12(2)23)10-13-7-5-6-8-14(13)20/h5-8,11,15-16H,9-10H2,1-4H3,(H,21,23)(H,22,24)/t11-,15+,16-/m0/s1. The van der Waals surface area contributed by atoms with Gasteiger partial charge in [0.1, 0.15) is 17.9 Å². The van der Waals surface area contributed by atoms with Gasteiger partial charge in [0.25, 0.3) is 0 Å². The van der Waals surface area contributed by atoms with Gasteiger partial charge >= 0.3 is 11.9 Å². The van der Waals surface area contributed by atoms with Crippen molar-refractivity contribution in [2.75, 3.05) is 14.2 Å². The topological polar surface area (TPSA) is 111 Å². The summed E-state index contributed by atoms with van der Waals surface area (Å²) in [5, 5.41) is 4.91. The van der Waals surface area contributed by atoms with Crippen LogP contribution < -0.4 is 10.6 Å². The molecule has 0 bridgehead atoms. The second-order valence-corrected chi connectivity index (χ2v) is 6.29. The summed E-state index contributed by atoms with van der Waals surface area (Å²) in [6.07, 6.45) is -0.171. The fourth-order valence-corrected chi connectivity index (χ4v) is 2.62. The first kappa shape index (κ1) is 23.1. The maximum atomic E-state index is 13.9. The van der Waals surface area contributed by atoms with Gasteiger partial charge in [-0.05, 0) is 18.1 Å². The first-order valence-corrected chi connectivity index (χ1v) is 8.66. The number of methoxy groups -OCH3 is 2. The summed E-state index contributed by atoms with van der Waals surface area (Å²) in [5.41, 5.74) is 0.231. The zero-order chi connectivity index (χ0) is 21.3. The van der Waals surface area contributed by atoms with E-state index < -0.39 is 47.6 Å². The van der Waals surface area contributed by atoms with E-state index in [-0.39, 0.29) is 18.4 Å². The largest absolute Gasteiger partial charge is 0.469 e. The van der Waals surface area contributed by atoms with Crippen molar-refractivity contribution in [1.29, 1.82) is 0 Å². The predicted octanol–water partition coefficient (Wildman–Crippen LogP) is 0.730. The van der Waals surface area contributed by atoms with Gasteiger partial charge in [-0.3, -0.25) is 14.4 Å². The number of halogens is 1. The third-order valence-electron chi connectivity index (χ3n) is 4.07. The van der Waals surface area contributed by atoms with E-state index in [0.717, 1.165) is 7.11 Å². The van der Waals surface area contributed by atoms with Crippen LogP contribution in [0, 0.1) is 11.7 Å². The van der Waals surface area contributed by atoms with Gasteiger partial charge < -0.3 is 20.1 Å². The number of nitrogens with one attached hydrogen (secondary N) is 2. The van der Waals surface area contributed by atoms with Crippen LogP contribution in [0.1, 0.15) is 25.8 Å². The van der Waals surface area contributed by atoms with Gasteiger partial charge in [0.2, 0.25) is 11.8 Å². The van der Waals surface area contributed by atoms with Crippen LogP contribution in [0.15, 0.2) is 24.3 Å². The van der Waals surface area contributed by atoms with E-state index in [1.807, 2.05) is 0 Å². The van der Waals surface area contributed by atoms with Crippen molar-refractivity contribution in [1.82, 2.24) is 10.6 Å². The highest BCUT2D eigenvalue weighted by molar-refractivity contribution is 5.90. The van der Waals surface area contributed by atoms with Crippen molar-refractivity contribution in [3.8, 4) is 0 Å². The number of esters is 2. The van der Waals surface area contributed by atoms with Gasteiger partial charge in [-0.2, -0.15) is 0 Å². The number of carbonyl (C=O) groups excluding carboxylic acids is 4. The summed E-state index contributed by atoms with van der Waals surface area (Å²) in [7, 11) is 2.36. The summed E-state index contributed by atoms with van der Waals surface area (Å²) in [4.78, 5) is 47.8. The zero-order valence-corrected chi connectivity index (χ0v) is 16.3. The first-order chi connectivity index (χ1) is 13.2. The Labute approximate surface area is 162 Å². The second-order valence-electron chi connectivity index (χ2n) is 6.29. The maximum Gasteiger partial charge on any atom is 0.328 e. The zero-order valence-electron chi connectivity index (χ0n) is 16.3. The molecule has 154 valence electrons. The quantitative estimate of drug-likeness (QED) is 0.596. The highest BCUT2D eigenvalue weighted by Crippen LogP contribution is 2.12. The predicted molar refractivity (Wildman–Crippen MR) is 97.5 cm³/mol. The lowest BCUT2D eigenvalue weighted by atomic mass is 10.00. The van der Waals surface area contributed by atoms with E-state index in [1.54, 1.807) is 13.0 Å². The van der Waals surface area contributed by atoms with Crippen molar-refractivity contribution >= 4 is 23.8 Å². The van der Waals surface area contributed by atoms with Gasteiger partial charge in [-0.15, -0.1) is 0 Å². The molecule has 2 amide bonds. The number of carbonyl (C=O) groups is 4. The molecule has 3 atom stereocenters. The molecule has 2 N–H and O–H groups in total. The van der Waals surface area contributed by atoms with Crippen LogP contribution in [0.25, 0.3) is 0 Å². The Hall–Kier alpha value is -2.97. The smallest absolute Gasteiger partial charge is 0.328 e. The lowest BCUT2D eigenvalue weighted by Gasteiger charge is -2.23. The lowest BCUT2D eigenvalue weighted by molar-refractivity contribution is -0.149. The first-order valence-electron chi connectivity index (χ1n) is 8.66. The van der Waals surface area contributed by atoms with Crippen LogP contribution in [0.4, 0.5) is 4.39 Å². The van der Waals surface area contributed by atoms with Crippen molar-refractivity contribution < 1.29 is 33.0 Å². The number of benzene rings is 1. The molecule has 0 spiro atoms. The molecule has 1 aromatic rings. The second kappa shape index (κ2) is 11.0. The van der Waals surface area contributed by atoms with Crippen LogP contribution in [-0.2, 0) is 35.1 Å². The molecule has 28 heavy (non-hydrogen) atoms. The molecule has 0 aromatic heterocycles. The van der Waals surface area contributed by atoms with E-state index >= 15 is 0 Å². The van der Waals surface area contributed by atoms with Crippen LogP contribution in [0.5, 0.6) is 0 Å². The van der Waals surface area contributed by atoms with Gasteiger partial charge in [0, 0.05) is 13.3 Å². The van der Waals surface area contributed by atoms with Crippen LogP contribution >= 0.6 is 0 Å². The summed E-state index contributed by atoms with van der Waals surface area (Å²) < 4.78 is 23.2. The molecule has 0 radical (unpaired) electrons. The molecule has 0 saturated carbocycles. The molecule has 0 aliphatic heterocycles. The van der Waals surface area contributed by atoms with E-state index in [0.29, 0.717) is 0 Å². The average Bonchev–Trinajstić information content (AvgIpc) is 2.66. The third kappa shape index (κ3) is 6.98. The maximum absolute atomic E-state index is 13.9. The summed E-state index contributed by atoms with van der Waals surface area (Å²) >= 11 is 0. The van der Waals surface area contributed by atoms with Crippen molar-refractivity contribution in [3.05, 3.63) is 35.6 Å². The number of rotatable bonds is 9. The van der Waals surface area contributed by atoms with Gasteiger partial charge in [0.05, 0.1) is 20.1 Å². The number of hydrogen-bond acceptors (Lipinski definition) is 6. The molecule has 0 fully saturated rings. The molecule has 1 aromatic carbocycles.